The van der Waals surface area contributed by atoms with E-state index in [1.54, 1.807) is 0 Å². The van der Waals surface area contributed by atoms with Gasteiger partial charge in [-0.1, -0.05) is 28.1 Å². The Hall–Kier alpha value is -0.700. The number of benzene rings is 1. The van der Waals surface area contributed by atoms with Gasteiger partial charge in [0.1, 0.15) is 11.6 Å². The molecule has 0 bridgehead atoms. The molecule has 0 N–H and O–H groups in total. The lowest BCUT2D eigenvalue weighted by molar-refractivity contribution is 0.589. The van der Waals surface area contributed by atoms with E-state index in [0.717, 1.165) is 23.9 Å². The molecule has 1 aromatic rings. The number of halogens is 3. The Bertz CT molecular complexity index is 321. The van der Waals surface area contributed by atoms with E-state index in [4.69, 9.17) is 0 Å². The highest BCUT2D eigenvalue weighted by Gasteiger charge is 2.00. The molecule has 0 aromatic heterocycles. The third-order valence-electron chi connectivity index (χ3n) is 1.79. The minimum absolute atomic E-state index is 0.352. The number of alkyl halides is 1. The van der Waals surface area contributed by atoms with Crippen molar-refractivity contribution in [3.8, 4) is 0 Å². The van der Waals surface area contributed by atoms with Crippen LogP contribution in [0.5, 0.6) is 0 Å². The topological polar surface area (TPSA) is 0 Å². The Morgan fingerprint density at radius 2 is 2.00 bits per heavy atom. The van der Waals surface area contributed by atoms with Crippen molar-refractivity contribution >= 4 is 15.9 Å². The fraction of sp³-hybridized carbons (Fsp3) is 0.273. The van der Waals surface area contributed by atoms with Crippen molar-refractivity contribution in [2.75, 3.05) is 5.33 Å². The lowest BCUT2D eigenvalue weighted by Crippen LogP contribution is -1.89. The van der Waals surface area contributed by atoms with E-state index in [1.807, 2.05) is 12.2 Å². The van der Waals surface area contributed by atoms with Crippen LogP contribution in [0.15, 0.2) is 30.4 Å². The van der Waals surface area contributed by atoms with Gasteiger partial charge in [0.15, 0.2) is 0 Å². The third-order valence-corrected chi connectivity index (χ3v) is 2.25. The minimum atomic E-state index is -0.393. The predicted octanol–water partition coefficient (Wildman–Crippen LogP) is 3.85. The van der Waals surface area contributed by atoms with Crippen molar-refractivity contribution in [1.29, 1.82) is 0 Å². The molecule has 1 rings (SSSR count). The lowest BCUT2D eigenvalue weighted by Gasteiger charge is -1.98. The van der Waals surface area contributed by atoms with Crippen LogP contribution in [0.1, 0.15) is 12.0 Å². The average molecular weight is 261 g/mol. The van der Waals surface area contributed by atoms with Crippen LogP contribution in [0.2, 0.25) is 0 Å². The molecule has 3 heteroatoms. The molecule has 0 spiro atoms. The van der Waals surface area contributed by atoms with Gasteiger partial charge in [-0.05, 0) is 36.6 Å². The third kappa shape index (κ3) is 3.58. The van der Waals surface area contributed by atoms with Crippen molar-refractivity contribution in [3.63, 3.8) is 0 Å². The molecule has 0 unspecified atom stereocenters. The maximum absolute atomic E-state index is 13.1. The zero-order valence-corrected chi connectivity index (χ0v) is 9.23. The smallest absolute Gasteiger partial charge is 0.126 e. The Kier molecular flexibility index (Phi) is 4.80. The Morgan fingerprint density at radius 1 is 1.21 bits per heavy atom. The minimum Gasteiger partial charge on any atom is -0.207 e. The Balaban J connectivity index is 2.62. The standard InChI is InChI=1S/C11H11BrF2/c12-7-3-1-2-4-9-8-10(13)5-6-11(9)14/h1-2,5-6,8H,3-4,7H2. The maximum Gasteiger partial charge on any atom is 0.126 e. The number of rotatable bonds is 4. The van der Waals surface area contributed by atoms with Gasteiger partial charge >= 0.3 is 0 Å². The van der Waals surface area contributed by atoms with Crippen LogP contribution in [0.3, 0.4) is 0 Å². The molecule has 1 aromatic carbocycles. The summed E-state index contributed by atoms with van der Waals surface area (Å²) in [5.74, 6) is -0.745. The molecule has 0 amide bonds. The first-order valence-corrected chi connectivity index (χ1v) is 5.51. The highest BCUT2D eigenvalue weighted by Crippen LogP contribution is 2.10. The molecule has 0 saturated heterocycles. The van der Waals surface area contributed by atoms with Crippen LogP contribution in [0, 0.1) is 11.6 Å². The molecule has 0 saturated carbocycles. The first-order chi connectivity index (χ1) is 6.74. The second-order valence-electron chi connectivity index (χ2n) is 2.89. The van der Waals surface area contributed by atoms with Crippen LogP contribution in [-0.4, -0.2) is 5.33 Å². The molecular weight excluding hydrogens is 250 g/mol. The fourth-order valence-corrected chi connectivity index (χ4v) is 1.36. The van der Waals surface area contributed by atoms with Crippen LogP contribution in [0.4, 0.5) is 8.78 Å². The lowest BCUT2D eigenvalue weighted by atomic mass is 10.1. The SMILES string of the molecule is Fc1ccc(F)c(CC=CCCBr)c1. The summed E-state index contributed by atoms with van der Waals surface area (Å²) in [6.07, 6.45) is 5.13. The molecule has 0 aliphatic carbocycles. The Labute approximate surface area is 90.8 Å². The van der Waals surface area contributed by atoms with Gasteiger partial charge in [0.25, 0.3) is 0 Å². The van der Waals surface area contributed by atoms with Gasteiger partial charge in [-0.3, -0.25) is 0 Å². The van der Waals surface area contributed by atoms with Gasteiger partial charge in [0.2, 0.25) is 0 Å². The molecule has 0 aliphatic heterocycles. The summed E-state index contributed by atoms with van der Waals surface area (Å²) in [7, 11) is 0. The molecule has 0 atom stereocenters. The van der Waals surface area contributed by atoms with Gasteiger partial charge < -0.3 is 0 Å². The zero-order chi connectivity index (χ0) is 10.4. The van der Waals surface area contributed by atoms with Crippen LogP contribution in [0.25, 0.3) is 0 Å². The molecule has 76 valence electrons. The number of hydrogen-bond acceptors (Lipinski definition) is 0. The van der Waals surface area contributed by atoms with E-state index < -0.39 is 5.82 Å². The van der Waals surface area contributed by atoms with Gasteiger partial charge in [-0.25, -0.2) is 8.78 Å². The summed E-state index contributed by atoms with van der Waals surface area (Å²) in [5, 5.41) is 0.884. The van der Waals surface area contributed by atoms with Crippen LogP contribution < -0.4 is 0 Å². The van der Waals surface area contributed by atoms with Crippen molar-refractivity contribution in [2.24, 2.45) is 0 Å². The number of hydrogen-bond donors (Lipinski definition) is 0. The molecule has 0 heterocycles. The first-order valence-electron chi connectivity index (χ1n) is 4.39. The molecule has 0 nitrogen and oxygen atoms in total. The van der Waals surface area contributed by atoms with Gasteiger partial charge in [0.05, 0.1) is 0 Å². The molecule has 0 radical (unpaired) electrons. The quantitative estimate of drug-likeness (QED) is 0.570. The second kappa shape index (κ2) is 5.91. The van der Waals surface area contributed by atoms with E-state index >= 15 is 0 Å². The summed E-state index contributed by atoms with van der Waals surface area (Å²) in [6, 6.07) is 3.51. The summed E-state index contributed by atoms with van der Waals surface area (Å²) < 4.78 is 25.8. The van der Waals surface area contributed by atoms with E-state index in [0.29, 0.717) is 12.0 Å². The molecule has 0 aliphatic rings. The molecule has 0 fully saturated rings. The van der Waals surface area contributed by atoms with Gasteiger partial charge in [-0.15, -0.1) is 0 Å². The summed E-state index contributed by atoms with van der Waals surface area (Å²) >= 11 is 3.28. The van der Waals surface area contributed by atoms with Gasteiger partial charge in [0, 0.05) is 5.33 Å². The number of allylic oxidation sites excluding steroid dienone is 2. The van der Waals surface area contributed by atoms with Gasteiger partial charge in [-0.2, -0.15) is 0 Å². The van der Waals surface area contributed by atoms with Crippen molar-refractivity contribution in [1.82, 2.24) is 0 Å². The fourth-order valence-electron chi connectivity index (χ4n) is 1.09. The zero-order valence-electron chi connectivity index (χ0n) is 7.64. The van der Waals surface area contributed by atoms with E-state index in [9.17, 15) is 8.78 Å². The van der Waals surface area contributed by atoms with Crippen molar-refractivity contribution in [2.45, 2.75) is 12.8 Å². The normalized spacial score (nSPS) is 11.1. The van der Waals surface area contributed by atoms with Crippen LogP contribution >= 0.6 is 15.9 Å². The predicted molar refractivity (Wildman–Crippen MR) is 57.6 cm³/mol. The van der Waals surface area contributed by atoms with E-state index in [2.05, 4.69) is 15.9 Å². The summed E-state index contributed by atoms with van der Waals surface area (Å²) in [6.45, 7) is 0. The first kappa shape index (κ1) is 11.4. The van der Waals surface area contributed by atoms with E-state index in [-0.39, 0.29) is 5.82 Å². The Morgan fingerprint density at radius 3 is 2.71 bits per heavy atom. The molecular formula is C11H11BrF2. The van der Waals surface area contributed by atoms with E-state index in [1.165, 1.54) is 6.07 Å². The van der Waals surface area contributed by atoms with Crippen LogP contribution in [-0.2, 0) is 6.42 Å². The summed E-state index contributed by atoms with van der Waals surface area (Å²) in [4.78, 5) is 0. The highest BCUT2D eigenvalue weighted by molar-refractivity contribution is 9.09. The van der Waals surface area contributed by atoms with Crippen molar-refractivity contribution in [3.05, 3.63) is 47.5 Å². The second-order valence-corrected chi connectivity index (χ2v) is 3.68. The summed E-state index contributed by atoms with van der Waals surface area (Å²) in [5.41, 5.74) is 0.399. The largest absolute Gasteiger partial charge is 0.207 e. The maximum atomic E-state index is 13.1. The average Bonchev–Trinajstić information content (AvgIpc) is 2.18. The van der Waals surface area contributed by atoms with Crippen molar-refractivity contribution < 1.29 is 8.78 Å². The highest BCUT2D eigenvalue weighted by atomic mass is 79.9. The molecule has 14 heavy (non-hydrogen) atoms. The monoisotopic (exact) mass is 260 g/mol.